The van der Waals surface area contributed by atoms with Gasteiger partial charge in [-0.3, -0.25) is 4.79 Å². The molecule has 5 nitrogen and oxygen atoms in total. The van der Waals surface area contributed by atoms with Crippen molar-refractivity contribution in [3.05, 3.63) is 42.0 Å². The Kier molecular flexibility index (Phi) is 4.62. The fraction of sp³-hybridized carbons (Fsp3) is 0.231. The molecule has 0 amide bonds. The minimum atomic E-state index is -1.47. The number of allylic oxidation sites excluding steroid dienone is 1. The molecule has 1 rings (SSSR count). The molecule has 0 aromatic heterocycles. The number of benzene rings is 1. The number of carbonyl (C=O) groups is 2. The third-order valence-electron chi connectivity index (χ3n) is 2.23. The summed E-state index contributed by atoms with van der Waals surface area (Å²) in [6.07, 6.45) is -1.77. The first-order valence-electron chi connectivity index (χ1n) is 5.33. The van der Waals surface area contributed by atoms with Crippen molar-refractivity contribution >= 4 is 17.4 Å². The topological polar surface area (TPSA) is 89.6 Å². The molecule has 5 heteroatoms. The van der Waals surface area contributed by atoms with Gasteiger partial charge >= 0.3 is 5.97 Å². The molecule has 0 bridgehead atoms. The van der Waals surface area contributed by atoms with Crippen molar-refractivity contribution < 1.29 is 19.4 Å². The highest BCUT2D eigenvalue weighted by molar-refractivity contribution is 5.95. The van der Waals surface area contributed by atoms with Crippen LogP contribution in [0.1, 0.15) is 23.7 Å². The molecule has 0 aliphatic heterocycles. The summed E-state index contributed by atoms with van der Waals surface area (Å²) < 4.78 is 4.71. The third-order valence-corrected chi connectivity index (χ3v) is 2.23. The van der Waals surface area contributed by atoms with Gasteiger partial charge in [-0.15, -0.1) is 0 Å². The number of esters is 1. The molecular weight excluding hydrogens is 234 g/mol. The summed E-state index contributed by atoms with van der Waals surface area (Å²) in [4.78, 5) is 22.8. The lowest BCUT2D eigenvalue weighted by Gasteiger charge is -2.11. The van der Waals surface area contributed by atoms with Crippen LogP contribution >= 0.6 is 0 Å². The van der Waals surface area contributed by atoms with E-state index in [4.69, 9.17) is 10.5 Å². The summed E-state index contributed by atoms with van der Waals surface area (Å²) in [5.41, 5.74) is 6.55. The van der Waals surface area contributed by atoms with Crippen LogP contribution in [-0.4, -0.2) is 23.1 Å². The van der Waals surface area contributed by atoms with Crippen LogP contribution in [0.15, 0.2) is 36.4 Å². The van der Waals surface area contributed by atoms with Gasteiger partial charge in [-0.05, 0) is 36.8 Å². The molecule has 0 aliphatic rings. The molecule has 0 saturated carbocycles. The van der Waals surface area contributed by atoms with Gasteiger partial charge in [-0.25, -0.2) is 4.79 Å². The lowest BCUT2D eigenvalue weighted by atomic mass is 10.1. The number of nitrogen functional groups attached to an aromatic ring is 1. The number of hydrogen-bond donors (Lipinski definition) is 2. The van der Waals surface area contributed by atoms with Crippen LogP contribution in [0, 0.1) is 0 Å². The first-order chi connectivity index (χ1) is 8.40. The molecule has 0 heterocycles. The average molecular weight is 249 g/mol. The van der Waals surface area contributed by atoms with Crippen LogP contribution < -0.4 is 5.73 Å². The van der Waals surface area contributed by atoms with E-state index in [0.717, 1.165) is 0 Å². The number of aliphatic hydroxyl groups excluding tert-OH is 1. The van der Waals surface area contributed by atoms with Gasteiger partial charge in [0.25, 0.3) is 0 Å². The van der Waals surface area contributed by atoms with E-state index >= 15 is 0 Å². The molecule has 18 heavy (non-hydrogen) atoms. The number of Topliss-reactive ketones (excluding diaryl/α,β-unsaturated/α-hetero) is 1. The van der Waals surface area contributed by atoms with E-state index in [0.29, 0.717) is 11.3 Å². The van der Waals surface area contributed by atoms with Gasteiger partial charge in [0.15, 0.2) is 5.78 Å². The van der Waals surface area contributed by atoms with Gasteiger partial charge < -0.3 is 15.6 Å². The molecule has 1 atom stereocenters. The Morgan fingerprint density at radius 1 is 1.39 bits per heavy atom. The highest BCUT2D eigenvalue weighted by Gasteiger charge is 2.16. The van der Waals surface area contributed by atoms with Crippen molar-refractivity contribution in [1.82, 2.24) is 0 Å². The van der Waals surface area contributed by atoms with Crippen LogP contribution in [0.25, 0.3) is 0 Å². The highest BCUT2D eigenvalue weighted by atomic mass is 16.6. The van der Waals surface area contributed by atoms with Crippen molar-refractivity contribution in [2.45, 2.75) is 19.6 Å². The summed E-state index contributed by atoms with van der Waals surface area (Å²) >= 11 is 0. The highest BCUT2D eigenvalue weighted by Crippen LogP contribution is 2.09. The van der Waals surface area contributed by atoms with Crippen molar-refractivity contribution in [3.63, 3.8) is 0 Å². The van der Waals surface area contributed by atoms with Gasteiger partial charge in [0, 0.05) is 5.69 Å². The second-order valence-electron chi connectivity index (χ2n) is 3.89. The van der Waals surface area contributed by atoms with Gasteiger partial charge in [0.2, 0.25) is 6.29 Å². The fourth-order valence-electron chi connectivity index (χ4n) is 1.19. The van der Waals surface area contributed by atoms with Gasteiger partial charge in [0.1, 0.15) is 0 Å². The van der Waals surface area contributed by atoms with Crippen LogP contribution in [-0.2, 0) is 9.53 Å². The Morgan fingerprint density at radius 2 is 1.94 bits per heavy atom. The van der Waals surface area contributed by atoms with Crippen molar-refractivity contribution in [3.8, 4) is 0 Å². The Bertz CT molecular complexity index is 464. The fourth-order valence-corrected chi connectivity index (χ4v) is 1.19. The van der Waals surface area contributed by atoms with E-state index in [1.807, 2.05) is 0 Å². The molecular formula is C13H15NO4. The zero-order chi connectivity index (χ0) is 13.7. The number of hydrogen-bond acceptors (Lipinski definition) is 5. The monoisotopic (exact) mass is 249 g/mol. The first kappa shape index (κ1) is 13.9. The summed E-state index contributed by atoms with van der Waals surface area (Å²) in [5.74, 6) is -1.07. The Labute approximate surface area is 105 Å². The van der Waals surface area contributed by atoms with E-state index in [9.17, 15) is 14.7 Å². The van der Waals surface area contributed by atoms with Gasteiger partial charge in [0.05, 0.1) is 12.0 Å². The maximum atomic E-state index is 11.6. The quantitative estimate of drug-likeness (QED) is 0.355. The molecule has 1 unspecified atom stereocenters. The molecule has 1 aromatic carbocycles. The molecule has 0 fully saturated rings. The van der Waals surface area contributed by atoms with Crippen LogP contribution in [0.4, 0.5) is 5.69 Å². The maximum absolute atomic E-state index is 11.6. The van der Waals surface area contributed by atoms with Crippen molar-refractivity contribution in [2.75, 3.05) is 5.73 Å². The zero-order valence-corrected chi connectivity index (χ0v) is 10.1. The first-order valence-corrected chi connectivity index (χ1v) is 5.33. The normalized spacial score (nSPS) is 11.7. The molecule has 0 spiro atoms. The number of aliphatic hydroxyl groups is 1. The van der Waals surface area contributed by atoms with E-state index in [1.165, 1.54) is 19.1 Å². The molecule has 3 N–H and O–H groups in total. The lowest BCUT2D eigenvalue weighted by molar-refractivity contribution is -0.124. The van der Waals surface area contributed by atoms with Crippen LogP contribution in [0.3, 0.4) is 0 Å². The van der Waals surface area contributed by atoms with Gasteiger partial charge in [-0.2, -0.15) is 0 Å². The Morgan fingerprint density at radius 3 is 2.44 bits per heavy atom. The number of carbonyl (C=O) groups excluding carboxylic acids is 2. The standard InChI is InChI=1S/C13H15NO4/c1-8(2)11(15)7-12(16)18-13(17)9-3-5-10(14)6-4-9/h3-6,12,16H,1,7,14H2,2H3. The number of nitrogens with two attached hydrogens (primary N) is 1. The van der Waals surface area contributed by atoms with E-state index in [1.54, 1.807) is 12.1 Å². The Hall–Kier alpha value is -2.14. The lowest BCUT2D eigenvalue weighted by Crippen LogP contribution is -2.21. The second-order valence-corrected chi connectivity index (χ2v) is 3.89. The van der Waals surface area contributed by atoms with Crippen LogP contribution in [0.2, 0.25) is 0 Å². The van der Waals surface area contributed by atoms with Crippen molar-refractivity contribution in [1.29, 1.82) is 0 Å². The van der Waals surface area contributed by atoms with E-state index in [-0.39, 0.29) is 17.8 Å². The number of ketones is 1. The maximum Gasteiger partial charge on any atom is 0.340 e. The summed E-state index contributed by atoms with van der Waals surface area (Å²) in [5, 5.41) is 9.43. The number of rotatable bonds is 5. The van der Waals surface area contributed by atoms with Crippen molar-refractivity contribution in [2.24, 2.45) is 0 Å². The van der Waals surface area contributed by atoms with Crippen LogP contribution in [0.5, 0.6) is 0 Å². The summed E-state index contributed by atoms with van der Waals surface area (Å²) in [6.45, 7) is 4.96. The summed E-state index contributed by atoms with van der Waals surface area (Å²) in [7, 11) is 0. The molecule has 0 radical (unpaired) electrons. The largest absolute Gasteiger partial charge is 0.432 e. The molecule has 0 aliphatic carbocycles. The average Bonchev–Trinajstić information content (AvgIpc) is 2.29. The predicted molar refractivity (Wildman–Crippen MR) is 66.7 cm³/mol. The molecule has 0 saturated heterocycles. The van der Waals surface area contributed by atoms with Gasteiger partial charge in [-0.1, -0.05) is 6.58 Å². The molecule has 96 valence electrons. The Balaban J connectivity index is 2.57. The zero-order valence-electron chi connectivity index (χ0n) is 10.1. The minimum absolute atomic E-state index is 0.256. The number of ether oxygens (including phenoxy) is 1. The smallest absolute Gasteiger partial charge is 0.340 e. The van der Waals surface area contributed by atoms with E-state index < -0.39 is 12.3 Å². The third kappa shape index (κ3) is 4.03. The SMILES string of the molecule is C=C(C)C(=O)CC(O)OC(=O)c1ccc(N)cc1. The molecule has 1 aromatic rings. The second kappa shape index (κ2) is 5.97. The summed E-state index contributed by atoms with van der Waals surface area (Å²) in [6, 6.07) is 6.04. The minimum Gasteiger partial charge on any atom is -0.432 e. The predicted octanol–water partition coefficient (Wildman–Crippen LogP) is 1.28. The number of anilines is 1. The van der Waals surface area contributed by atoms with E-state index in [2.05, 4.69) is 6.58 Å².